The van der Waals surface area contributed by atoms with Crippen LogP contribution in [0.4, 0.5) is 0 Å². The maximum Gasteiger partial charge on any atom is 0.157 e. The molecule has 2 rings (SSSR count). The number of rotatable bonds is 4. The second-order valence-electron chi connectivity index (χ2n) is 6.07. The SMILES string of the molecule is Cc1ccc(CC(=O)C2(N(C)C)CCCCC2)cc1. The molecule has 0 atom stereocenters. The number of nitrogens with zero attached hydrogens (tertiary/aromatic N) is 1. The predicted octanol–water partition coefficient (Wildman–Crippen LogP) is 3.37. The molecule has 2 heteroatoms. The summed E-state index contributed by atoms with van der Waals surface area (Å²) >= 11 is 0. The first-order valence-corrected chi connectivity index (χ1v) is 7.31. The van der Waals surface area contributed by atoms with Crippen molar-refractivity contribution in [3.63, 3.8) is 0 Å². The summed E-state index contributed by atoms with van der Waals surface area (Å²) in [4.78, 5) is 14.9. The zero-order valence-corrected chi connectivity index (χ0v) is 12.4. The zero-order chi connectivity index (χ0) is 13.9. The zero-order valence-electron chi connectivity index (χ0n) is 12.4. The fourth-order valence-electron chi connectivity index (χ4n) is 3.17. The van der Waals surface area contributed by atoms with E-state index in [0.717, 1.165) is 18.4 Å². The molecule has 0 bridgehead atoms. The van der Waals surface area contributed by atoms with Crippen molar-refractivity contribution in [1.82, 2.24) is 4.90 Å². The van der Waals surface area contributed by atoms with Crippen LogP contribution in [-0.4, -0.2) is 30.3 Å². The third-order valence-electron chi connectivity index (χ3n) is 4.54. The highest BCUT2D eigenvalue weighted by atomic mass is 16.1. The van der Waals surface area contributed by atoms with Crippen LogP contribution < -0.4 is 0 Å². The molecule has 2 nitrogen and oxygen atoms in total. The van der Waals surface area contributed by atoms with E-state index in [4.69, 9.17) is 0 Å². The number of hydrogen-bond donors (Lipinski definition) is 0. The van der Waals surface area contributed by atoms with Crippen LogP contribution in [0.3, 0.4) is 0 Å². The van der Waals surface area contributed by atoms with Crippen molar-refractivity contribution in [3.05, 3.63) is 35.4 Å². The van der Waals surface area contributed by atoms with E-state index >= 15 is 0 Å². The topological polar surface area (TPSA) is 20.3 Å². The molecule has 0 aliphatic heterocycles. The van der Waals surface area contributed by atoms with Gasteiger partial charge in [-0.15, -0.1) is 0 Å². The average Bonchev–Trinajstić information content (AvgIpc) is 2.42. The summed E-state index contributed by atoms with van der Waals surface area (Å²) in [5, 5.41) is 0. The standard InChI is InChI=1S/C17H25NO/c1-14-7-9-15(10-8-14)13-16(19)17(18(2)3)11-5-4-6-12-17/h7-10H,4-6,11-13H2,1-3H3. The number of carbonyl (C=O) groups excluding carboxylic acids is 1. The van der Waals surface area contributed by atoms with Crippen molar-refractivity contribution < 1.29 is 4.79 Å². The van der Waals surface area contributed by atoms with Crippen LogP contribution in [0.25, 0.3) is 0 Å². The molecule has 0 radical (unpaired) electrons. The number of likely N-dealkylation sites (N-methyl/N-ethyl adjacent to an activating group) is 1. The lowest BCUT2D eigenvalue weighted by molar-refractivity contribution is -0.131. The first kappa shape index (κ1) is 14.3. The molecule has 0 unspecified atom stereocenters. The monoisotopic (exact) mass is 259 g/mol. The van der Waals surface area contributed by atoms with Crippen LogP contribution in [0.15, 0.2) is 24.3 Å². The van der Waals surface area contributed by atoms with Crippen LogP contribution in [0, 0.1) is 6.92 Å². The van der Waals surface area contributed by atoms with Gasteiger partial charge in [0.1, 0.15) is 0 Å². The molecule has 0 saturated heterocycles. The van der Waals surface area contributed by atoms with Gasteiger partial charge in [-0.2, -0.15) is 0 Å². The lowest BCUT2D eigenvalue weighted by Crippen LogP contribution is -2.53. The largest absolute Gasteiger partial charge is 0.297 e. The summed E-state index contributed by atoms with van der Waals surface area (Å²) in [7, 11) is 4.11. The number of aryl methyl sites for hydroxylation is 1. The number of Topliss-reactive ketones (excluding diaryl/α,β-unsaturated/α-hetero) is 1. The second-order valence-corrected chi connectivity index (χ2v) is 6.07. The summed E-state index contributed by atoms with van der Waals surface area (Å²) in [6.07, 6.45) is 6.23. The average molecular weight is 259 g/mol. The number of hydrogen-bond acceptors (Lipinski definition) is 2. The van der Waals surface area contributed by atoms with Crippen molar-refractivity contribution in [2.75, 3.05) is 14.1 Å². The van der Waals surface area contributed by atoms with E-state index in [1.165, 1.54) is 24.8 Å². The first-order chi connectivity index (χ1) is 9.04. The highest BCUT2D eigenvalue weighted by Crippen LogP contribution is 2.33. The molecule has 1 aliphatic carbocycles. The predicted molar refractivity (Wildman–Crippen MR) is 79.4 cm³/mol. The maximum absolute atomic E-state index is 12.8. The Kier molecular flexibility index (Phi) is 4.41. The smallest absolute Gasteiger partial charge is 0.157 e. The lowest BCUT2D eigenvalue weighted by atomic mass is 9.76. The van der Waals surface area contributed by atoms with Gasteiger partial charge >= 0.3 is 0 Å². The molecule has 0 amide bonds. The summed E-state index contributed by atoms with van der Waals surface area (Å²) < 4.78 is 0. The third kappa shape index (κ3) is 3.06. The Hall–Kier alpha value is -1.15. The Morgan fingerprint density at radius 1 is 1.11 bits per heavy atom. The Labute approximate surface area is 116 Å². The molecule has 0 heterocycles. The Morgan fingerprint density at radius 3 is 2.21 bits per heavy atom. The van der Waals surface area contributed by atoms with Gasteiger partial charge in [-0.1, -0.05) is 49.1 Å². The van der Waals surface area contributed by atoms with Crippen LogP contribution >= 0.6 is 0 Å². The fraction of sp³-hybridized carbons (Fsp3) is 0.588. The number of ketones is 1. The van der Waals surface area contributed by atoms with Crippen molar-refractivity contribution in [3.8, 4) is 0 Å². The molecule has 19 heavy (non-hydrogen) atoms. The quantitative estimate of drug-likeness (QED) is 0.826. The van der Waals surface area contributed by atoms with Crippen LogP contribution in [0.2, 0.25) is 0 Å². The van der Waals surface area contributed by atoms with Crippen molar-refractivity contribution in [1.29, 1.82) is 0 Å². The Balaban J connectivity index is 2.14. The van der Waals surface area contributed by atoms with E-state index in [1.54, 1.807) is 0 Å². The van der Waals surface area contributed by atoms with Gasteiger partial charge in [-0.25, -0.2) is 0 Å². The van der Waals surface area contributed by atoms with Gasteiger partial charge in [0.15, 0.2) is 5.78 Å². The van der Waals surface area contributed by atoms with Crippen LogP contribution in [-0.2, 0) is 11.2 Å². The van der Waals surface area contributed by atoms with Crippen LogP contribution in [0.5, 0.6) is 0 Å². The van der Waals surface area contributed by atoms with E-state index in [9.17, 15) is 4.79 Å². The van der Waals surface area contributed by atoms with Crippen molar-refractivity contribution in [2.45, 2.75) is 51.0 Å². The van der Waals surface area contributed by atoms with Crippen LogP contribution in [0.1, 0.15) is 43.2 Å². The lowest BCUT2D eigenvalue weighted by Gasteiger charge is -2.41. The normalized spacial score (nSPS) is 18.5. The molecule has 1 saturated carbocycles. The van der Waals surface area contributed by atoms with E-state index in [0.29, 0.717) is 12.2 Å². The minimum absolute atomic E-state index is 0.219. The van der Waals surface area contributed by atoms with E-state index in [1.807, 2.05) is 0 Å². The van der Waals surface area contributed by atoms with Crippen molar-refractivity contribution in [2.24, 2.45) is 0 Å². The molecular weight excluding hydrogens is 234 g/mol. The van der Waals surface area contributed by atoms with Crippen molar-refractivity contribution >= 4 is 5.78 Å². The Morgan fingerprint density at radius 2 is 1.68 bits per heavy atom. The highest BCUT2D eigenvalue weighted by molar-refractivity contribution is 5.90. The summed E-state index contributed by atoms with van der Waals surface area (Å²) in [6, 6.07) is 8.34. The van der Waals surface area contributed by atoms with Gasteiger partial charge in [-0.05, 0) is 39.4 Å². The Bertz CT molecular complexity index is 427. The highest BCUT2D eigenvalue weighted by Gasteiger charge is 2.40. The molecule has 1 aromatic rings. The van der Waals surface area contributed by atoms with Gasteiger partial charge in [-0.3, -0.25) is 9.69 Å². The van der Waals surface area contributed by atoms with Gasteiger partial charge in [0.25, 0.3) is 0 Å². The van der Waals surface area contributed by atoms with E-state index in [-0.39, 0.29) is 5.54 Å². The van der Waals surface area contributed by atoms with Gasteiger partial charge in [0, 0.05) is 6.42 Å². The van der Waals surface area contributed by atoms with E-state index in [2.05, 4.69) is 50.2 Å². The molecule has 0 spiro atoms. The first-order valence-electron chi connectivity index (χ1n) is 7.31. The van der Waals surface area contributed by atoms with Gasteiger partial charge in [0.05, 0.1) is 5.54 Å². The van der Waals surface area contributed by atoms with Gasteiger partial charge in [0.2, 0.25) is 0 Å². The molecule has 0 aromatic heterocycles. The number of benzene rings is 1. The summed E-state index contributed by atoms with van der Waals surface area (Å²) in [5.74, 6) is 0.390. The molecule has 104 valence electrons. The minimum atomic E-state index is -0.219. The number of carbonyl (C=O) groups is 1. The molecular formula is C17H25NO. The summed E-state index contributed by atoms with van der Waals surface area (Å²) in [5.41, 5.74) is 2.17. The minimum Gasteiger partial charge on any atom is -0.297 e. The van der Waals surface area contributed by atoms with Gasteiger partial charge < -0.3 is 0 Å². The second kappa shape index (κ2) is 5.87. The fourth-order valence-corrected chi connectivity index (χ4v) is 3.17. The van der Waals surface area contributed by atoms with E-state index < -0.39 is 0 Å². The maximum atomic E-state index is 12.8. The summed E-state index contributed by atoms with van der Waals surface area (Å²) in [6.45, 7) is 2.08. The molecule has 1 fully saturated rings. The molecule has 1 aliphatic rings. The molecule has 0 N–H and O–H groups in total. The molecule has 1 aromatic carbocycles. The third-order valence-corrected chi connectivity index (χ3v) is 4.54.